The second kappa shape index (κ2) is 8.37. The lowest BCUT2D eigenvalue weighted by atomic mass is 10.3. The van der Waals surface area contributed by atoms with E-state index in [4.69, 9.17) is 28.0 Å². The van der Waals surface area contributed by atoms with E-state index in [2.05, 4.69) is 15.3 Å². The number of anilines is 1. The summed E-state index contributed by atoms with van der Waals surface area (Å²) in [6.07, 6.45) is -1.22. The van der Waals surface area contributed by atoms with Gasteiger partial charge in [-0.25, -0.2) is 24.4 Å². The van der Waals surface area contributed by atoms with Crippen molar-refractivity contribution in [1.29, 1.82) is 0 Å². The molecule has 14 heteroatoms. The largest absolute Gasteiger partial charge is 0.452 e. The maximum atomic E-state index is 12.1. The first-order valence-electron chi connectivity index (χ1n) is 6.24. The molecule has 0 saturated carbocycles. The summed E-state index contributed by atoms with van der Waals surface area (Å²) in [6.45, 7) is 1.65. The standard InChI is InChI=1S/C10H15Cl2N5O6S/c1-5(11)4-23-14-9(18)6-7(12)13-17(2)8(6)15-24(20,21)16-10(19)22-3/h5,15H,4H2,1-3H3,(H,14,18)(H,16,19). The monoisotopic (exact) mass is 403 g/mol. The minimum absolute atomic E-state index is 0.0101. The molecule has 0 saturated heterocycles. The number of methoxy groups -OCH3 is 1. The number of halogens is 2. The van der Waals surface area contributed by atoms with Gasteiger partial charge in [-0.05, 0) is 6.92 Å². The second-order valence-electron chi connectivity index (χ2n) is 4.36. The number of hydroxylamine groups is 1. The fraction of sp³-hybridized carbons (Fsp3) is 0.500. The van der Waals surface area contributed by atoms with Crippen LogP contribution in [0.4, 0.5) is 10.6 Å². The molecule has 1 aromatic rings. The highest BCUT2D eigenvalue weighted by molar-refractivity contribution is 7.91. The molecule has 0 aliphatic heterocycles. The maximum Gasteiger partial charge on any atom is 0.422 e. The number of nitrogens with zero attached hydrogens (tertiary/aromatic N) is 2. The van der Waals surface area contributed by atoms with E-state index >= 15 is 0 Å². The van der Waals surface area contributed by atoms with Crippen molar-refractivity contribution in [1.82, 2.24) is 20.0 Å². The summed E-state index contributed by atoms with van der Waals surface area (Å²) in [5.41, 5.74) is 1.75. The van der Waals surface area contributed by atoms with E-state index in [-0.39, 0.29) is 28.5 Å². The lowest BCUT2D eigenvalue weighted by Crippen LogP contribution is -2.36. The normalized spacial score (nSPS) is 12.4. The molecule has 3 N–H and O–H groups in total. The molecule has 24 heavy (non-hydrogen) atoms. The van der Waals surface area contributed by atoms with Crippen LogP contribution in [0.15, 0.2) is 0 Å². The summed E-state index contributed by atoms with van der Waals surface area (Å²) in [4.78, 5) is 27.9. The van der Waals surface area contributed by atoms with Crippen LogP contribution in [0.3, 0.4) is 0 Å². The van der Waals surface area contributed by atoms with Gasteiger partial charge in [0.25, 0.3) is 5.91 Å². The van der Waals surface area contributed by atoms with Crippen molar-refractivity contribution >= 4 is 51.2 Å². The Balaban J connectivity index is 3.00. The van der Waals surface area contributed by atoms with Crippen LogP contribution in [0.25, 0.3) is 0 Å². The van der Waals surface area contributed by atoms with E-state index in [0.717, 1.165) is 11.8 Å². The quantitative estimate of drug-likeness (QED) is 0.441. The summed E-state index contributed by atoms with van der Waals surface area (Å²) in [5.74, 6) is -1.15. The van der Waals surface area contributed by atoms with Crippen LogP contribution < -0.4 is 14.9 Å². The number of rotatable bonds is 7. The minimum atomic E-state index is -4.38. The maximum absolute atomic E-state index is 12.1. The van der Waals surface area contributed by atoms with Crippen molar-refractivity contribution in [3.05, 3.63) is 10.7 Å². The zero-order valence-corrected chi connectivity index (χ0v) is 15.1. The van der Waals surface area contributed by atoms with Gasteiger partial charge in [0.05, 0.1) is 19.1 Å². The molecule has 1 aromatic heterocycles. The minimum Gasteiger partial charge on any atom is -0.452 e. The van der Waals surface area contributed by atoms with Crippen LogP contribution in [0.5, 0.6) is 0 Å². The summed E-state index contributed by atoms with van der Waals surface area (Å²) in [7, 11) is -2.06. The fourth-order valence-electron chi connectivity index (χ4n) is 1.39. The van der Waals surface area contributed by atoms with Crippen molar-refractivity contribution in [2.75, 3.05) is 18.4 Å². The zero-order chi connectivity index (χ0) is 18.5. The highest BCUT2D eigenvalue weighted by Crippen LogP contribution is 2.24. The topological polar surface area (TPSA) is 141 Å². The molecule has 0 radical (unpaired) electrons. The number of alkyl halides is 1. The van der Waals surface area contributed by atoms with Gasteiger partial charge in [-0.15, -0.1) is 11.6 Å². The number of hydrogen-bond donors (Lipinski definition) is 3. The van der Waals surface area contributed by atoms with Crippen molar-refractivity contribution < 1.29 is 27.6 Å². The molecule has 0 spiro atoms. The Morgan fingerprint density at radius 1 is 1.42 bits per heavy atom. The molecule has 1 unspecified atom stereocenters. The fourth-order valence-corrected chi connectivity index (χ4v) is 2.58. The number of carbonyl (C=O) groups excluding carboxylic acids is 2. The number of hydrogen-bond acceptors (Lipinski definition) is 7. The molecule has 0 bridgehead atoms. The van der Waals surface area contributed by atoms with E-state index in [1.807, 2.05) is 4.72 Å². The van der Waals surface area contributed by atoms with Gasteiger partial charge in [-0.1, -0.05) is 11.6 Å². The highest BCUT2D eigenvalue weighted by Gasteiger charge is 2.26. The molecule has 0 aliphatic carbocycles. The molecule has 11 nitrogen and oxygen atoms in total. The van der Waals surface area contributed by atoms with E-state index in [9.17, 15) is 18.0 Å². The Morgan fingerprint density at radius 2 is 2.04 bits per heavy atom. The van der Waals surface area contributed by atoms with Crippen LogP contribution in [0, 0.1) is 0 Å². The Labute approximate surface area is 147 Å². The molecule has 1 rings (SSSR count). The number of carbonyl (C=O) groups is 2. The van der Waals surface area contributed by atoms with E-state index in [1.54, 1.807) is 11.6 Å². The average Bonchev–Trinajstić information content (AvgIpc) is 2.71. The second-order valence-corrected chi connectivity index (χ2v) is 6.88. The van der Waals surface area contributed by atoms with Crippen molar-refractivity contribution in [2.24, 2.45) is 7.05 Å². The number of amides is 2. The predicted octanol–water partition coefficient (Wildman–Crippen LogP) is 0.375. The summed E-state index contributed by atoms with van der Waals surface area (Å²) in [6, 6.07) is 0. The van der Waals surface area contributed by atoms with Crippen LogP contribution in [-0.2, 0) is 26.8 Å². The zero-order valence-electron chi connectivity index (χ0n) is 12.8. The highest BCUT2D eigenvalue weighted by atomic mass is 35.5. The van der Waals surface area contributed by atoms with Crippen molar-refractivity contribution in [3.8, 4) is 0 Å². The third-order valence-electron chi connectivity index (χ3n) is 2.34. The molecular weight excluding hydrogens is 389 g/mol. The third kappa shape index (κ3) is 5.70. The SMILES string of the molecule is COC(=O)NS(=O)(=O)Nc1c(C(=O)NOCC(C)Cl)c(Cl)nn1C. The average molecular weight is 404 g/mol. The first kappa shape index (κ1) is 20.3. The van der Waals surface area contributed by atoms with Gasteiger partial charge in [-0.2, -0.15) is 13.5 Å². The van der Waals surface area contributed by atoms with Gasteiger partial charge in [0.2, 0.25) is 0 Å². The summed E-state index contributed by atoms with van der Waals surface area (Å²) < 4.78 is 32.3. The molecule has 0 fully saturated rings. The molecule has 2 amide bonds. The van der Waals surface area contributed by atoms with E-state index in [1.165, 1.54) is 7.05 Å². The van der Waals surface area contributed by atoms with Gasteiger partial charge in [0, 0.05) is 7.05 Å². The van der Waals surface area contributed by atoms with E-state index < -0.39 is 22.2 Å². The molecule has 1 atom stereocenters. The van der Waals surface area contributed by atoms with Crippen LogP contribution in [0.1, 0.15) is 17.3 Å². The van der Waals surface area contributed by atoms with Crippen LogP contribution in [-0.4, -0.2) is 49.3 Å². The first-order valence-corrected chi connectivity index (χ1v) is 8.54. The third-order valence-corrected chi connectivity index (χ3v) is 3.63. The molecular formula is C10H15Cl2N5O6S. The molecule has 136 valence electrons. The van der Waals surface area contributed by atoms with Gasteiger partial charge in [0.15, 0.2) is 11.0 Å². The van der Waals surface area contributed by atoms with Crippen LogP contribution >= 0.6 is 23.2 Å². The van der Waals surface area contributed by atoms with Crippen molar-refractivity contribution in [2.45, 2.75) is 12.3 Å². The van der Waals surface area contributed by atoms with Crippen LogP contribution in [0.2, 0.25) is 5.15 Å². The number of ether oxygens (including phenoxy) is 1. The van der Waals surface area contributed by atoms with E-state index in [0.29, 0.717) is 0 Å². The Hall–Kier alpha value is -1.76. The Morgan fingerprint density at radius 3 is 2.58 bits per heavy atom. The molecule has 0 aliphatic rings. The van der Waals surface area contributed by atoms with Gasteiger partial charge in [-0.3, -0.25) is 9.63 Å². The lowest BCUT2D eigenvalue weighted by Gasteiger charge is -2.11. The summed E-state index contributed by atoms with van der Waals surface area (Å²) in [5, 5.41) is 3.08. The molecule has 1 heterocycles. The Kier molecular flexibility index (Phi) is 7.08. The number of aromatic nitrogens is 2. The van der Waals surface area contributed by atoms with Gasteiger partial charge >= 0.3 is 16.3 Å². The first-order chi connectivity index (χ1) is 11.1. The number of nitrogens with one attached hydrogen (secondary N) is 3. The Bertz CT molecular complexity index is 720. The smallest absolute Gasteiger partial charge is 0.422 e. The van der Waals surface area contributed by atoms with Crippen molar-refractivity contribution in [3.63, 3.8) is 0 Å². The van der Waals surface area contributed by atoms with Gasteiger partial charge < -0.3 is 4.74 Å². The number of aryl methyl sites for hydroxylation is 1. The van der Waals surface area contributed by atoms with Gasteiger partial charge in [0.1, 0.15) is 5.56 Å². The summed E-state index contributed by atoms with van der Waals surface area (Å²) >= 11 is 11.5. The predicted molar refractivity (Wildman–Crippen MR) is 85.0 cm³/mol. The molecule has 0 aromatic carbocycles. The lowest BCUT2D eigenvalue weighted by molar-refractivity contribution is 0.0324.